The Labute approximate surface area is 115 Å². The zero-order valence-corrected chi connectivity index (χ0v) is 10.9. The van der Waals surface area contributed by atoms with Gasteiger partial charge in [-0.05, 0) is 30.3 Å². The van der Waals surface area contributed by atoms with E-state index in [1.807, 2.05) is 0 Å². The highest BCUT2D eigenvalue weighted by molar-refractivity contribution is 6.31. The number of anilines is 2. The summed E-state index contributed by atoms with van der Waals surface area (Å²) >= 11 is 5.89. The summed E-state index contributed by atoms with van der Waals surface area (Å²) in [7, 11) is 1.51. The molecule has 98 valence electrons. The summed E-state index contributed by atoms with van der Waals surface area (Å²) in [5, 5.41) is 3.19. The van der Waals surface area contributed by atoms with E-state index in [0.717, 1.165) is 0 Å². The van der Waals surface area contributed by atoms with Gasteiger partial charge in [-0.3, -0.25) is 4.79 Å². The lowest BCUT2D eigenvalue weighted by atomic mass is 10.2. The Kier molecular flexibility index (Phi) is 3.87. The van der Waals surface area contributed by atoms with E-state index >= 15 is 0 Å². The minimum atomic E-state index is -0.369. The molecular weight excluding hydrogens is 266 g/mol. The number of amides is 1. The van der Waals surface area contributed by atoms with Gasteiger partial charge in [-0.2, -0.15) is 0 Å². The molecular formula is C13H12ClN3O2. The Bertz CT molecular complexity index is 617. The van der Waals surface area contributed by atoms with Gasteiger partial charge >= 0.3 is 0 Å². The molecule has 1 heterocycles. The lowest BCUT2D eigenvalue weighted by Gasteiger charge is -2.11. The van der Waals surface area contributed by atoms with E-state index in [9.17, 15) is 4.79 Å². The molecule has 1 aromatic heterocycles. The van der Waals surface area contributed by atoms with Crippen molar-refractivity contribution in [3.8, 4) is 5.75 Å². The van der Waals surface area contributed by atoms with Crippen molar-refractivity contribution in [3.63, 3.8) is 0 Å². The number of aromatic nitrogens is 1. The molecule has 2 aromatic rings. The first kappa shape index (κ1) is 13.2. The van der Waals surface area contributed by atoms with E-state index in [2.05, 4.69) is 10.3 Å². The molecule has 1 amide bonds. The molecule has 0 saturated heterocycles. The van der Waals surface area contributed by atoms with Crippen molar-refractivity contribution >= 4 is 29.0 Å². The van der Waals surface area contributed by atoms with E-state index < -0.39 is 0 Å². The van der Waals surface area contributed by atoms with Gasteiger partial charge < -0.3 is 15.8 Å². The SMILES string of the molecule is COc1ccc(Cl)cc1NC(=O)c1cccnc1N. The highest BCUT2D eigenvalue weighted by atomic mass is 35.5. The number of ether oxygens (including phenoxy) is 1. The third-order valence-electron chi connectivity index (χ3n) is 2.49. The van der Waals surface area contributed by atoms with Crippen LogP contribution in [0.4, 0.5) is 11.5 Å². The second kappa shape index (κ2) is 5.58. The van der Waals surface area contributed by atoms with Crippen LogP contribution in [0.3, 0.4) is 0 Å². The van der Waals surface area contributed by atoms with Crippen molar-refractivity contribution in [2.75, 3.05) is 18.2 Å². The number of nitrogens with zero attached hydrogens (tertiary/aromatic N) is 1. The third-order valence-corrected chi connectivity index (χ3v) is 2.73. The number of halogens is 1. The predicted octanol–water partition coefficient (Wildman–Crippen LogP) is 2.58. The summed E-state index contributed by atoms with van der Waals surface area (Å²) in [6.45, 7) is 0. The number of carbonyl (C=O) groups is 1. The molecule has 19 heavy (non-hydrogen) atoms. The first-order valence-electron chi connectivity index (χ1n) is 5.47. The van der Waals surface area contributed by atoms with Crippen LogP contribution in [0.2, 0.25) is 5.02 Å². The lowest BCUT2D eigenvalue weighted by molar-refractivity contribution is 0.102. The first-order chi connectivity index (χ1) is 9.11. The average molecular weight is 278 g/mol. The summed E-state index contributed by atoms with van der Waals surface area (Å²) in [5.74, 6) is 0.312. The van der Waals surface area contributed by atoms with Gasteiger partial charge in [-0.1, -0.05) is 11.6 Å². The predicted molar refractivity (Wildman–Crippen MR) is 74.6 cm³/mol. The molecule has 0 atom stereocenters. The molecule has 0 aliphatic rings. The van der Waals surface area contributed by atoms with Crippen LogP contribution in [-0.2, 0) is 0 Å². The van der Waals surface area contributed by atoms with Crippen LogP contribution in [0.1, 0.15) is 10.4 Å². The molecule has 0 aliphatic heterocycles. The Hall–Kier alpha value is -2.27. The number of methoxy groups -OCH3 is 1. The van der Waals surface area contributed by atoms with Crippen molar-refractivity contribution in [1.29, 1.82) is 0 Å². The van der Waals surface area contributed by atoms with Crippen molar-refractivity contribution in [2.24, 2.45) is 0 Å². The van der Waals surface area contributed by atoms with Gasteiger partial charge in [0.1, 0.15) is 11.6 Å². The van der Waals surface area contributed by atoms with Gasteiger partial charge in [0.05, 0.1) is 18.4 Å². The fourth-order valence-corrected chi connectivity index (χ4v) is 1.75. The number of nitrogens with two attached hydrogens (primary N) is 1. The van der Waals surface area contributed by atoms with Crippen LogP contribution in [0.25, 0.3) is 0 Å². The Morgan fingerprint density at radius 2 is 2.21 bits per heavy atom. The van der Waals surface area contributed by atoms with Crippen molar-refractivity contribution in [3.05, 3.63) is 47.1 Å². The van der Waals surface area contributed by atoms with Crippen LogP contribution in [-0.4, -0.2) is 18.0 Å². The summed E-state index contributed by atoms with van der Waals surface area (Å²) in [6.07, 6.45) is 1.52. The number of pyridine rings is 1. The fraction of sp³-hybridized carbons (Fsp3) is 0.0769. The van der Waals surface area contributed by atoms with Crippen molar-refractivity contribution < 1.29 is 9.53 Å². The standard InChI is InChI=1S/C13H12ClN3O2/c1-19-11-5-4-8(14)7-10(11)17-13(18)9-3-2-6-16-12(9)15/h2-7H,1H3,(H2,15,16)(H,17,18). The number of nitrogen functional groups attached to an aromatic ring is 1. The molecule has 3 N–H and O–H groups in total. The molecule has 0 spiro atoms. The number of rotatable bonds is 3. The second-order valence-electron chi connectivity index (χ2n) is 3.73. The van der Waals surface area contributed by atoms with Crippen molar-refractivity contribution in [2.45, 2.75) is 0 Å². The van der Waals surface area contributed by atoms with Gasteiger partial charge in [0.2, 0.25) is 0 Å². The normalized spacial score (nSPS) is 10.0. The van der Waals surface area contributed by atoms with E-state index in [1.165, 1.54) is 13.3 Å². The number of nitrogens with one attached hydrogen (secondary N) is 1. The van der Waals surface area contributed by atoms with Crippen LogP contribution in [0.5, 0.6) is 5.75 Å². The van der Waals surface area contributed by atoms with Crippen LogP contribution in [0, 0.1) is 0 Å². The molecule has 0 saturated carbocycles. The maximum Gasteiger partial charge on any atom is 0.259 e. The van der Waals surface area contributed by atoms with E-state index in [4.69, 9.17) is 22.1 Å². The summed E-state index contributed by atoms with van der Waals surface area (Å²) < 4.78 is 5.15. The van der Waals surface area contributed by atoms with Gasteiger partial charge in [-0.25, -0.2) is 4.98 Å². The lowest BCUT2D eigenvalue weighted by Crippen LogP contribution is -2.15. The number of benzene rings is 1. The molecule has 0 radical (unpaired) electrons. The molecule has 0 aliphatic carbocycles. The van der Waals surface area contributed by atoms with E-state index in [0.29, 0.717) is 22.0 Å². The van der Waals surface area contributed by atoms with Crippen LogP contribution >= 0.6 is 11.6 Å². The monoisotopic (exact) mass is 277 g/mol. The fourth-order valence-electron chi connectivity index (χ4n) is 1.58. The molecule has 0 bridgehead atoms. The highest BCUT2D eigenvalue weighted by Gasteiger charge is 2.13. The molecule has 2 rings (SSSR count). The number of carbonyl (C=O) groups excluding carboxylic acids is 1. The summed E-state index contributed by atoms with van der Waals surface area (Å²) in [5.41, 5.74) is 6.42. The Balaban J connectivity index is 2.29. The molecule has 5 nitrogen and oxygen atoms in total. The summed E-state index contributed by atoms with van der Waals surface area (Å²) in [4.78, 5) is 15.9. The minimum absolute atomic E-state index is 0.168. The van der Waals surface area contributed by atoms with E-state index in [-0.39, 0.29) is 11.7 Å². The maximum absolute atomic E-state index is 12.1. The number of hydrogen-bond donors (Lipinski definition) is 2. The largest absolute Gasteiger partial charge is 0.495 e. The molecule has 1 aromatic carbocycles. The Morgan fingerprint density at radius 3 is 2.89 bits per heavy atom. The molecule has 0 fully saturated rings. The maximum atomic E-state index is 12.1. The molecule has 6 heteroatoms. The highest BCUT2D eigenvalue weighted by Crippen LogP contribution is 2.28. The molecule has 0 unspecified atom stereocenters. The zero-order chi connectivity index (χ0) is 13.8. The second-order valence-corrected chi connectivity index (χ2v) is 4.17. The number of hydrogen-bond acceptors (Lipinski definition) is 4. The Morgan fingerprint density at radius 1 is 1.42 bits per heavy atom. The van der Waals surface area contributed by atoms with Crippen LogP contribution < -0.4 is 15.8 Å². The average Bonchev–Trinajstić information content (AvgIpc) is 2.39. The van der Waals surface area contributed by atoms with Gasteiger partial charge in [0, 0.05) is 11.2 Å². The van der Waals surface area contributed by atoms with Gasteiger partial charge in [0.15, 0.2) is 0 Å². The van der Waals surface area contributed by atoms with Gasteiger partial charge in [0.25, 0.3) is 5.91 Å². The summed E-state index contributed by atoms with van der Waals surface area (Å²) in [6, 6.07) is 8.18. The zero-order valence-electron chi connectivity index (χ0n) is 10.2. The van der Waals surface area contributed by atoms with Crippen LogP contribution in [0.15, 0.2) is 36.5 Å². The van der Waals surface area contributed by atoms with E-state index in [1.54, 1.807) is 30.3 Å². The minimum Gasteiger partial charge on any atom is -0.495 e. The first-order valence-corrected chi connectivity index (χ1v) is 5.85. The topological polar surface area (TPSA) is 77.2 Å². The smallest absolute Gasteiger partial charge is 0.259 e. The quantitative estimate of drug-likeness (QED) is 0.904. The van der Waals surface area contributed by atoms with Gasteiger partial charge in [-0.15, -0.1) is 0 Å². The third kappa shape index (κ3) is 2.95. The van der Waals surface area contributed by atoms with Crippen molar-refractivity contribution in [1.82, 2.24) is 4.98 Å².